The predicted molar refractivity (Wildman–Crippen MR) is 152 cm³/mol. The molecule has 1 aromatic heterocycles. The molecule has 0 saturated carbocycles. The number of benzene rings is 3. The second-order valence-corrected chi connectivity index (χ2v) is 9.15. The van der Waals surface area contributed by atoms with Crippen LogP contribution in [0, 0.1) is 0 Å². The third kappa shape index (κ3) is 4.81. The topological polar surface area (TPSA) is 82.0 Å². The van der Waals surface area contributed by atoms with Gasteiger partial charge in [-0.05, 0) is 49.2 Å². The van der Waals surface area contributed by atoms with E-state index in [1.807, 2.05) is 54.7 Å². The molecule has 0 aliphatic carbocycles. The molecular formula is C31H31N3O5. The van der Waals surface area contributed by atoms with E-state index in [4.69, 9.17) is 14.2 Å². The molecule has 1 aliphatic heterocycles. The Hall–Kier alpha value is -4.72. The first-order valence-electron chi connectivity index (χ1n) is 12.8. The van der Waals surface area contributed by atoms with Gasteiger partial charge in [-0.3, -0.25) is 9.59 Å². The van der Waals surface area contributed by atoms with Gasteiger partial charge in [0.05, 0.1) is 21.3 Å². The van der Waals surface area contributed by atoms with E-state index in [9.17, 15) is 9.59 Å². The summed E-state index contributed by atoms with van der Waals surface area (Å²) >= 11 is 0. The second-order valence-electron chi connectivity index (χ2n) is 9.15. The summed E-state index contributed by atoms with van der Waals surface area (Å²) in [5.74, 6) is 0.316. The summed E-state index contributed by atoms with van der Waals surface area (Å²) < 4.78 is 18.4. The van der Waals surface area contributed by atoms with Crippen molar-refractivity contribution in [3.63, 3.8) is 0 Å². The first-order valence-corrected chi connectivity index (χ1v) is 12.8. The number of aryl methyl sites for hydroxylation is 1. The number of para-hydroxylation sites is 2. The lowest BCUT2D eigenvalue weighted by atomic mass is 10.1. The average Bonchev–Trinajstić information content (AvgIpc) is 3.57. The molecule has 0 unspecified atom stereocenters. The molecule has 0 bridgehead atoms. The number of methoxy groups -OCH3 is 3. The fourth-order valence-corrected chi connectivity index (χ4v) is 5.06. The number of hydrogen-bond acceptors (Lipinski definition) is 5. The number of aromatic nitrogens is 1. The minimum Gasteiger partial charge on any atom is -0.493 e. The van der Waals surface area contributed by atoms with Gasteiger partial charge >= 0.3 is 0 Å². The van der Waals surface area contributed by atoms with Gasteiger partial charge in [0, 0.05) is 47.0 Å². The molecule has 4 aromatic rings. The molecule has 0 saturated heterocycles. The molecule has 5 rings (SSSR count). The molecule has 0 atom stereocenters. The van der Waals surface area contributed by atoms with Gasteiger partial charge in [0.1, 0.15) is 5.70 Å². The van der Waals surface area contributed by atoms with Gasteiger partial charge in [0.2, 0.25) is 5.75 Å². The van der Waals surface area contributed by atoms with Gasteiger partial charge in [-0.1, -0.05) is 36.4 Å². The molecule has 0 fully saturated rings. The van der Waals surface area contributed by atoms with Crippen LogP contribution in [0.25, 0.3) is 17.0 Å². The van der Waals surface area contributed by atoms with E-state index >= 15 is 0 Å². The molecule has 200 valence electrons. The van der Waals surface area contributed by atoms with Crippen LogP contribution < -0.4 is 24.4 Å². The summed E-state index contributed by atoms with van der Waals surface area (Å²) in [7, 11) is 4.48. The van der Waals surface area contributed by atoms with E-state index in [2.05, 4.69) is 16.8 Å². The lowest BCUT2D eigenvalue weighted by molar-refractivity contribution is -0.115. The van der Waals surface area contributed by atoms with Gasteiger partial charge in [-0.2, -0.15) is 0 Å². The van der Waals surface area contributed by atoms with Crippen molar-refractivity contribution in [2.45, 2.75) is 19.9 Å². The highest BCUT2D eigenvalue weighted by atomic mass is 16.5. The van der Waals surface area contributed by atoms with E-state index in [1.165, 1.54) is 21.3 Å². The van der Waals surface area contributed by atoms with Crippen LogP contribution in [0.4, 0.5) is 5.69 Å². The molecule has 1 N–H and O–H groups in total. The predicted octanol–water partition coefficient (Wildman–Crippen LogP) is 5.05. The Morgan fingerprint density at radius 1 is 0.949 bits per heavy atom. The fraction of sp³-hybridized carbons (Fsp3) is 0.226. The first kappa shape index (κ1) is 25.9. The lowest BCUT2D eigenvalue weighted by Gasteiger charge is -2.20. The number of fused-ring (bicyclic) bond motifs is 2. The van der Waals surface area contributed by atoms with Gasteiger partial charge in [0.15, 0.2) is 11.5 Å². The zero-order chi connectivity index (χ0) is 27.5. The van der Waals surface area contributed by atoms with Crippen molar-refractivity contribution in [3.05, 3.63) is 89.2 Å². The van der Waals surface area contributed by atoms with Gasteiger partial charge < -0.3 is 29.0 Å². The highest BCUT2D eigenvalue weighted by molar-refractivity contribution is 6.13. The van der Waals surface area contributed by atoms with Crippen LogP contribution >= 0.6 is 0 Å². The molecule has 2 amide bonds. The van der Waals surface area contributed by atoms with Gasteiger partial charge in [-0.25, -0.2) is 0 Å². The zero-order valence-corrected chi connectivity index (χ0v) is 22.5. The van der Waals surface area contributed by atoms with E-state index in [0.717, 1.165) is 40.7 Å². The number of carbonyl (C=O) groups excluding carboxylic acids is 2. The number of hydrogen-bond donors (Lipinski definition) is 1. The highest BCUT2D eigenvalue weighted by Crippen LogP contribution is 2.38. The molecule has 1 aliphatic rings. The zero-order valence-electron chi connectivity index (χ0n) is 22.5. The van der Waals surface area contributed by atoms with Crippen LogP contribution in [0.3, 0.4) is 0 Å². The lowest BCUT2D eigenvalue weighted by Crippen LogP contribution is -2.37. The van der Waals surface area contributed by atoms with E-state index in [0.29, 0.717) is 23.8 Å². The molecule has 8 nitrogen and oxygen atoms in total. The monoisotopic (exact) mass is 525 g/mol. The number of rotatable bonds is 8. The molecular weight excluding hydrogens is 494 g/mol. The summed E-state index contributed by atoms with van der Waals surface area (Å²) in [6.45, 7) is 3.38. The van der Waals surface area contributed by atoms with Crippen LogP contribution in [-0.2, 0) is 17.8 Å². The minimum absolute atomic E-state index is 0.171. The van der Waals surface area contributed by atoms with Crippen LogP contribution in [0.15, 0.2) is 72.6 Å². The second kappa shape index (κ2) is 10.9. The SMILES string of the molecule is CCn1cc(/C=C(\NC(=O)c2cc(OC)c(OC)c(OC)c2)C(=O)N2CCc3ccccc32)c2ccccc21. The minimum atomic E-state index is -0.472. The molecule has 8 heteroatoms. The maximum atomic E-state index is 14.0. The Kier molecular flexibility index (Phi) is 7.27. The van der Waals surface area contributed by atoms with Crippen molar-refractivity contribution >= 4 is 34.5 Å². The van der Waals surface area contributed by atoms with Crippen molar-refractivity contribution in [2.75, 3.05) is 32.8 Å². The smallest absolute Gasteiger partial charge is 0.274 e. The van der Waals surface area contributed by atoms with Crippen molar-refractivity contribution in [3.8, 4) is 17.2 Å². The van der Waals surface area contributed by atoms with Crippen LogP contribution in [0.5, 0.6) is 17.2 Å². The van der Waals surface area contributed by atoms with E-state index in [1.54, 1.807) is 23.1 Å². The summed E-state index contributed by atoms with van der Waals surface area (Å²) in [6, 6.07) is 19.0. The van der Waals surface area contributed by atoms with Crippen LogP contribution in [-0.4, -0.2) is 44.3 Å². The number of nitrogens with zero attached hydrogens (tertiary/aromatic N) is 2. The summed E-state index contributed by atoms with van der Waals surface area (Å²) in [6.07, 6.45) is 4.51. The van der Waals surface area contributed by atoms with Gasteiger partial charge in [0.25, 0.3) is 11.8 Å². The third-order valence-corrected chi connectivity index (χ3v) is 7.00. The Labute approximate surface area is 227 Å². The van der Waals surface area contributed by atoms with Crippen LogP contribution in [0.1, 0.15) is 28.4 Å². The maximum Gasteiger partial charge on any atom is 0.274 e. The summed E-state index contributed by atoms with van der Waals surface area (Å²) in [5.41, 5.74) is 4.29. The molecule has 39 heavy (non-hydrogen) atoms. The number of amides is 2. The number of carbonyl (C=O) groups is 2. The quantitative estimate of drug-likeness (QED) is 0.326. The molecule has 0 radical (unpaired) electrons. The standard InChI is InChI=1S/C31H31N3O5/c1-5-33-19-22(23-11-7-9-13-26(23)33)16-24(31(36)34-15-14-20-10-6-8-12-25(20)34)32-30(35)21-17-27(37-2)29(39-4)28(18-21)38-3/h6-13,16-19H,5,14-15H2,1-4H3,(H,32,35)/b24-16-. The average molecular weight is 526 g/mol. The third-order valence-electron chi connectivity index (χ3n) is 7.00. The Morgan fingerprint density at radius 2 is 1.64 bits per heavy atom. The Balaban J connectivity index is 1.58. The largest absolute Gasteiger partial charge is 0.493 e. The van der Waals surface area contributed by atoms with Crippen molar-refractivity contribution in [1.82, 2.24) is 9.88 Å². The van der Waals surface area contributed by atoms with E-state index < -0.39 is 5.91 Å². The summed E-state index contributed by atoms with van der Waals surface area (Å²) in [5, 5.41) is 3.89. The Bertz CT molecular complexity index is 1560. The Morgan fingerprint density at radius 3 is 2.33 bits per heavy atom. The number of anilines is 1. The molecule has 0 spiro atoms. The molecule has 2 heterocycles. The van der Waals surface area contributed by atoms with E-state index in [-0.39, 0.29) is 17.2 Å². The number of nitrogens with one attached hydrogen (secondary N) is 1. The normalized spacial score (nSPS) is 12.8. The number of ether oxygens (including phenoxy) is 3. The highest BCUT2D eigenvalue weighted by Gasteiger charge is 2.28. The molecule has 3 aromatic carbocycles. The van der Waals surface area contributed by atoms with Gasteiger partial charge in [-0.15, -0.1) is 0 Å². The maximum absolute atomic E-state index is 14.0. The summed E-state index contributed by atoms with van der Waals surface area (Å²) in [4.78, 5) is 29.3. The van der Waals surface area contributed by atoms with Crippen molar-refractivity contribution in [2.24, 2.45) is 0 Å². The fourth-order valence-electron chi connectivity index (χ4n) is 5.06. The van der Waals surface area contributed by atoms with Crippen molar-refractivity contribution < 1.29 is 23.8 Å². The van der Waals surface area contributed by atoms with Crippen LogP contribution in [0.2, 0.25) is 0 Å². The van der Waals surface area contributed by atoms with Crippen molar-refractivity contribution in [1.29, 1.82) is 0 Å². The first-order chi connectivity index (χ1) is 19.0.